The monoisotopic (exact) mass is 512 g/mol. The smallest absolute Gasteiger partial charge is 0.338 e. The second-order valence-electron chi connectivity index (χ2n) is 9.10. The van der Waals surface area contributed by atoms with Gasteiger partial charge in [-0.25, -0.2) is 22.5 Å². The van der Waals surface area contributed by atoms with Crippen LogP contribution in [0.5, 0.6) is 0 Å². The van der Waals surface area contributed by atoms with Crippen LogP contribution in [-0.2, 0) is 6.54 Å². The molecule has 0 atom stereocenters. The summed E-state index contributed by atoms with van der Waals surface area (Å²) < 4.78 is 43.1. The Bertz CT molecular complexity index is 1600. The summed E-state index contributed by atoms with van der Waals surface area (Å²) in [5, 5.41) is 19.0. The first-order chi connectivity index (χ1) is 17.1. The van der Waals surface area contributed by atoms with Gasteiger partial charge in [-0.2, -0.15) is 10.5 Å². The van der Waals surface area contributed by atoms with Crippen LogP contribution in [-0.4, -0.2) is 33.1 Å². The number of anilines is 1. The van der Waals surface area contributed by atoms with Crippen LogP contribution >= 0.6 is 11.6 Å². The Kier molecular flexibility index (Phi) is 5.42. The highest BCUT2D eigenvalue weighted by Crippen LogP contribution is 2.57. The quantitative estimate of drug-likeness (QED) is 0.529. The summed E-state index contributed by atoms with van der Waals surface area (Å²) in [6.07, 6.45) is 1.94. The Balaban J connectivity index is 1.78. The van der Waals surface area contributed by atoms with Gasteiger partial charge in [0, 0.05) is 37.5 Å². The Morgan fingerprint density at radius 2 is 1.83 bits per heavy atom. The van der Waals surface area contributed by atoms with Gasteiger partial charge in [-0.3, -0.25) is 14.3 Å². The van der Waals surface area contributed by atoms with Crippen LogP contribution in [0.4, 0.5) is 19.0 Å². The van der Waals surface area contributed by atoms with Gasteiger partial charge in [-0.05, 0) is 23.8 Å². The number of benzene rings is 1. The van der Waals surface area contributed by atoms with Crippen LogP contribution in [0, 0.1) is 33.9 Å². The molecule has 2 aliphatic rings. The molecule has 1 aliphatic heterocycles. The lowest BCUT2D eigenvalue weighted by molar-refractivity contribution is -0.170. The summed E-state index contributed by atoms with van der Waals surface area (Å²) in [5.41, 5.74) is -2.56. The van der Waals surface area contributed by atoms with E-state index in [4.69, 9.17) is 11.6 Å². The summed E-state index contributed by atoms with van der Waals surface area (Å²) in [6.45, 7) is -0.161. The highest BCUT2D eigenvalue weighted by atomic mass is 35.5. The van der Waals surface area contributed by atoms with Crippen molar-refractivity contribution in [1.29, 1.82) is 10.5 Å². The van der Waals surface area contributed by atoms with Crippen LogP contribution in [0.3, 0.4) is 0 Å². The van der Waals surface area contributed by atoms with Crippen molar-refractivity contribution in [2.45, 2.75) is 25.3 Å². The molecule has 36 heavy (non-hydrogen) atoms. The average molecular weight is 513 g/mol. The van der Waals surface area contributed by atoms with Crippen molar-refractivity contribution in [2.75, 3.05) is 18.0 Å². The summed E-state index contributed by atoms with van der Waals surface area (Å²) in [7, 11) is 0. The minimum Gasteiger partial charge on any atom is -0.356 e. The molecule has 0 N–H and O–H groups in total. The fourth-order valence-corrected chi connectivity index (χ4v) is 5.30. The SMILES string of the molecule is N#CCn1c(N2CC3(C2)CC(F)(F)C3)c(-c2ccc(F)c(C#N)c2)c(=O)n(-c2cncc(Cl)c2)c1=O. The zero-order valence-electron chi connectivity index (χ0n) is 18.5. The van der Waals surface area contributed by atoms with Gasteiger partial charge in [0.05, 0.1) is 34.1 Å². The topological polar surface area (TPSA) is 108 Å². The van der Waals surface area contributed by atoms with Gasteiger partial charge in [0.15, 0.2) is 0 Å². The molecule has 1 saturated carbocycles. The molecule has 182 valence electrons. The second kappa shape index (κ2) is 8.25. The van der Waals surface area contributed by atoms with Crippen molar-refractivity contribution in [3.05, 3.63) is 73.9 Å². The van der Waals surface area contributed by atoms with E-state index in [9.17, 15) is 33.3 Å². The number of aromatic nitrogens is 3. The summed E-state index contributed by atoms with van der Waals surface area (Å²) >= 11 is 6.02. The second-order valence-corrected chi connectivity index (χ2v) is 9.54. The van der Waals surface area contributed by atoms with Gasteiger partial charge in [0.25, 0.3) is 5.56 Å². The molecule has 1 aromatic carbocycles. The molecule has 12 heteroatoms. The van der Waals surface area contributed by atoms with Crippen LogP contribution in [0.25, 0.3) is 16.8 Å². The lowest BCUT2D eigenvalue weighted by Crippen LogP contribution is -2.67. The van der Waals surface area contributed by atoms with Crippen LogP contribution in [0.2, 0.25) is 5.02 Å². The predicted molar refractivity (Wildman–Crippen MR) is 124 cm³/mol. The minimum absolute atomic E-state index is 0.0401. The van der Waals surface area contributed by atoms with Gasteiger partial charge in [0.2, 0.25) is 5.92 Å². The van der Waals surface area contributed by atoms with Gasteiger partial charge in [0.1, 0.15) is 24.2 Å². The van der Waals surface area contributed by atoms with Crippen LogP contribution in [0.1, 0.15) is 18.4 Å². The van der Waals surface area contributed by atoms with Gasteiger partial charge in [-0.15, -0.1) is 0 Å². The van der Waals surface area contributed by atoms with Crippen LogP contribution in [0.15, 0.2) is 46.2 Å². The number of halogens is 4. The summed E-state index contributed by atoms with van der Waals surface area (Å²) in [5.74, 6) is -3.51. The molecule has 8 nitrogen and oxygen atoms in total. The highest BCUT2D eigenvalue weighted by molar-refractivity contribution is 6.30. The molecule has 2 fully saturated rings. The van der Waals surface area contributed by atoms with Crippen LogP contribution < -0.4 is 16.1 Å². The average Bonchev–Trinajstić information content (AvgIpc) is 2.78. The summed E-state index contributed by atoms with van der Waals surface area (Å²) in [4.78, 5) is 32.9. The molecule has 1 aliphatic carbocycles. The van der Waals surface area contributed by atoms with Crippen molar-refractivity contribution >= 4 is 17.4 Å². The Morgan fingerprint density at radius 1 is 1.11 bits per heavy atom. The van der Waals surface area contributed by atoms with Crippen molar-refractivity contribution in [1.82, 2.24) is 14.1 Å². The van der Waals surface area contributed by atoms with Crippen molar-refractivity contribution < 1.29 is 13.2 Å². The summed E-state index contributed by atoms with van der Waals surface area (Å²) in [6, 6.07) is 8.43. The molecule has 3 aromatic rings. The van der Waals surface area contributed by atoms with E-state index in [-0.39, 0.29) is 59.1 Å². The zero-order chi connectivity index (χ0) is 25.8. The first-order valence-corrected chi connectivity index (χ1v) is 11.2. The van der Waals surface area contributed by atoms with E-state index in [1.165, 1.54) is 30.6 Å². The predicted octanol–water partition coefficient (Wildman–Crippen LogP) is 3.48. The number of alkyl halides is 2. The fourth-order valence-electron chi connectivity index (χ4n) is 5.13. The molecule has 0 bridgehead atoms. The number of nitrogens with zero attached hydrogens (tertiary/aromatic N) is 6. The molecular formula is C24H16ClF3N6O2. The molecular weight excluding hydrogens is 497 g/mol. The van der Waals surface area contributed by atoms with E-state index >= 15 is 0 Å². The number of pyridine rings is 1. The third kappa shape index (κ3) is 3.73. The molecule has 1 saturated heterocycles. The van der Waals surface area contributed by atoms with Crippen molar-refractivity contribution in [2.24, 2.45) is 5.41 Å². The van der Waals surface area contributed by atoms with Gasteiger partial charge >= 0.3 is 5.69 Å². The molecule has 3 heterocycles. The minimum atomic E-state index is -2.76. The molecule has 0 unspecified atom stereocenters. The van der Waals surface area contributed by atoms with E-state index in [0.717, 1.165) is 15.2 Å². The van der Waals surface area contributed by atoms with E-state index in [2.05, 4.69) is 4.98 Å². The van der Waals surface area contributed by atoms with Crippen molar-refractivity contribution in [3.63, 3.8) is 0 Å². The van der Waals surface area contributed by atoms with E-state index in [0.29, 0.717) is 0 Å². The Hall–Kier alpha value is -4.09. The first kappa shape index (κ1) is 23.6. The maximum absolute atomic E-state index is 14.1. The number of rotatable bonds is 4. The maximum Gasteiger partial charge on any atom is 0.338 e. The lowest BCUT2D eigenvalue weighted by Gasteiger charge is -2.59. The third-order valence-electron chi connectivity index (χ3n) is 6.49. The molecule has 0 radical (unpaired) electrons. The number of hydrogen-bond acceptors (Lipinski definition) is 6. The zero-order valence-corrected chi connectivity index (χ0v) is 19.3. The molecule has 1 spiro atoms. The van der Waals surface area contributed by atoms with E-state index in [1.54, 1.807) is 11.0 Å². The first-order valence-electron chi connectivity index (χ1n) is 10.8. The van der Waals surface area contributed by atoms with Gasteiger partial charge in [-0.1, -0.05) is 17.7 Å². The highest BCUT2D eigenvalue weighted by Gasteiger charge is 2.62. The third-order valence-corrected chi connectivity index (χ3v) is 6.70. The standard InChI is InChI=1S/C24H16ClF3N6O2/c25-16-6-17(9-31-8-16)34-21(35)19(14-1-2-18(26)15(5-14)7-30)20(33(4-3-29)22(34)36)32-12-23(13-32)10-24(27,28)11-23/h1-2,5-6,8-9H,4,10-13H2. The number of nitriles is 2. The fraction of sp³-hybridized carbons (Fsp3) is 0.292. The Labute approximate surface area is 207 Å². The number of hydrogen-bond donors (Lipinski definition) is 0. The molecule has 2 aromatic heterocycles. The van der Waals surface area contributed by atoms with E-state index in [1.807, 2.05) is 6.07 Å². The molecule has 5 rings (SSSR count). The lowest BCUT2D eigenvalue weighted by atomic mass is 9.61. The van der Waals surface area contributed by atoms with Crippen molar-refractivity contribution in [3.8, 4) is 29.0 Å². The van der Waals surface area contributed by atoms with Gasteiger partial charge < -0.3 is 4.90 Å². The van der Waals surface area contributed by atoms with E-state index < -0.39 is 34.9 Å². The molecule has 0 amide bonds. The maximum atomic E-state index is 14.1. The Morgan fingerprint density at radius 3 is 2.44 bits per heavy atom. The normalized spacial score (nSPS) is 17.1. The largest absolute Gasteiger partial charge is 0.356 e.